The Balaban J connectivity index is -0.0000000706. The zero-order chi connectivity index (χ0) is 24.9. The summed E-state index contributed by atoms with van der Waals surface area (Å²) < 4.78 is 5.02. The summed E-state index contributed by atoms with van der Waals surface area (Å²) in [6, 6.07) is 0. The van der Waals surface area contributed by atoms with E-state index in [9.17, 15) is 14.4 Å². The van der Waals surface area contributed by atoms with E-state index >= 15 is 0 Å². The van der Waals surface area contributed by atoms with Gasteiger partial charge in [-0.15, -0.1) is 0 Å². The van der Waals surface area contributed by atoms with Crippen LogP contribution in [-0.2, 0) is 150 Å². The van der Waals surface area contributed by atoms with Crippen LogP contribution in [0.25, 0.3) is 0 Å². The third kappa shape index (κ3) is 42.3. The Hall–Kier alpha value is 3.23. The molecule has 192 valence electrons. The molecule has 0 aromatic carbocycles. The Bertz CT molecular complexity index is 507. The van der Waals surface area contributed by atoms with Gasteiger partial charge >= 0.3 is 5.97 Å². The fourth-order valence-corrected chi connectivity index (χ4v) is 1.76. The summed E-state index contributed by atoms with van der Waals surface area (Å²) in [6.45, 7) is 34.7. The number of Topliss-reactive ketones (excluding diaryl/α,β-unsaturated/α-hetero) is 2. The third-order valence-electron chi connectivity index (χ3n) is 4.21. The van der Waals surface area contributed by atoms with E-state index in [1.807, 2.05) is 20.8 Å². The van der Waals surface area contributed by atoms with Crippen molar-refractivity contribution in [2.45, 2.75) is 94.6 Å². The molecule has 34 heavy (non-hydrogen) atoms. The van der Waals surface area contributed by atoms with Gasteiger partial charge in [0.1, 0.15) is 11.6 Å². The van der Waals surface area contributed by atoms with Crippen LogP contribution in [0, 0.1) is 56.3 Å². The summed E-state index contributed by atoms with van der Waals surface area (Å²) in [6.07, 6.45) is 0.442. The quantitative estimate of drug-likeness (QED) is 0.218. The summed E-state index contributed by atoms with van der Waals surface area (Å²) in [5, 5.41) is 0. The molecule has 4 radical (unpaired) electrons. The smallest absolute Gasteiger partial charge is 0.301 e. The molecule has 0 heterocycles. The minimum Gasteiger partial charge on any atom is -0.495 e. The molecule has 3 atom stereocenters. The Kier molecular flexibility index (Phi) is 43.7. The summed E-state index contributed by atoms with van der Waals surface area (Å²) in [5.74, 6) is 0.676. The van der Waals surface area contributed by atoms with Crippen LogP contribution in [0.15, 0.2) is 0 Å². The molecule has 0 saturated heterocycles. The van der Waals surface area contributed by atoms with Gasteiger partial charge in [0.2, 0.25) is 0 Å². The maximum Gasteiger partial charge on any atom is 0.301 e. The van der Waals surface area contributed by atoms with Crippen molar-refractivity contribution >= 4 is 17.5 Å². The van der Waals surface area contributed by atoms with Crippen LogP contribution in [0.5, 0.6) is 0 Å². The first-order valence-electron chi connectivity index (χ1n) is 10.7. The predicted molar refractivity (Wildman–Crippen MR) is 127 cm³/mol. The minimum absolute atomic E-state index is 0. The molecular weight excluding hydrogens is 732 g/mol. The second-order valence-corrected chi connectivity index (χ2v) is 10.6. The first-order valence-corrected chi connectivity index (χ1v) is 10.7. The largest absolute Gasteiger partial charge is 0.495 e. The van der Waals surface area contributed by atoms with Gasteiger partial charge in [-0.05, 0) is 26.4 Å². The molecule has 0 rings (SSSR count). The zero-order valence-corrected chi connectivity index (χ0v) is 35.1. The van der Waals surface area contributed by atoms with Gasteiger partial charge in [-0.1, -0.05) is 66.2 Å². The van der Waals surface area contributed by atoms with Gasteiger partial charge < -0.3 is 37.2 Å². The van der Waals surface area contributed by atoms with Gasteiger partial charge in [-0.2, -0.15) is 17.8 Å². The molecule has 0 bridgehead atoms. The van der Waals surface area contributed by atoms with Crippen molar-refractivity contribution in [1.29, 1.82) is 0 Å². The summed E-state index contributed by atoms with van der Waals surface area (Å²) in [7, 11) is 0. The average molecular weight is 780 g/mol. The topological polar surface area (TPSA) is 60.4 Å². The average Bonchev–Trinajstić information content (AvgIpc) is 2.42. The molecule has 3 unspecified atom stereocenters. The van der Waals surface area contributed by atoms with Gasteiger partial charge in [0.15, 0.2) is 0 Å². The molecule has 0 aromatic heterocycles. The van der Waals surface area contributed by atoms with E-state index in [0.717, 1.165) is 0 Å². The van der Waals surface area contributed by atoms with Crippen LogP contribution in [-0.4, -0.2) is 23.6 Å². The van der Waals surface area contributed by atoms with Crippen LogP contribution >= 0.6 is 0 Å². The molecule has 0 aromatic rings. The van der Waals surface area contributed by atoms with Gasteiger partial charge in [-0.25, -0.2) is 0 Å². The van der Waals surface area contributed by atoms with Gasteiger partial charge in [0, 0.05) is 144 Å². The zero-order valence-electron chi connectivity index (χ0n) is 23.7. The molecular formula is C26H48O4Y4-4. The van der Waals surface area contributed by atoms with Crippen molar-refractivity contribution in [3.05, 3.63) is 27.7 Å². The molecule has 0 saturated carbocycles. The van der Waals surface area contributed by atoms with E-state index in [4.69, 9.17) is 4.74 Å². The van der Waals surface area contributed by atoms with Gasteiger partial charge in [0.05, 0.1) is 0 Å². The molecule has 0 aliphatic rings. The maximum atomic E-state index is 11.5. The first-order chi connectivity index (χ1) is 13.2. The summed E-state index contributed by atoms with van der Waals surface area (Å²) in [4.78, 5) is 32.9. The molecule has 0 spiro atoms. The Morgan fingerprint density at radius 2 is 0.912 bits per heavy atom. The molecule has 0 amide bonds. The van der Waals surface area contributed by atoms with E-state index < -0.39 is 6.10 Å². The van der Waals surface area contributed by atoms with Crippen molar-refractivity contribution in [1.82, 2.24) is 0 Å². The number of rotatable bonds is 7. The van der Waals surface area contributed by atoms with E-state index in [1.54, 1.807) is 6.92 Å². The van der Waals surface area contributed by atoms with E-state index in [0.29, 0.717) is 12.3 Å². The number of carbonyl (C=O) groups excluding carboxylic acids is 3. The minimum atomic E-state index is -0.586. The predicted octanol–water partition coefficient (Wildman–Crippen LogP) is 6.53. The number of hydrogen-bond acceptors (Lipinski definition) is 4. The molecule has 0 N–H and O–H groups in total. The van der Waals surface area contributed by atoms with Crippen molar-refractivity contribution in [3.8, 4) is 0 Å². The monoisotopic (exact) mass is 780 g/mol. The number of carbonyl (C=O) groups is 3. The number of esters is 1. The van der Waals surface area contributed by atoms with Crippen molar-refractivity contribution < 1.29 is 150 Å². The standard InChI is InChI=1S/C13H22O3.C9H17O.C4H9.4Y/c1-9(13(4,5)6)7-12(15)16-11(3)8-10(2)14;1-7(6-8(2)10)9(3,4)5;1-4(2)3;;;;/h9,11H,1,3,7-8H2,2,4-6H3;7H,1,6H2,2-5H3;4H,1H2,2-3H3;;;;/q-2;2*-1;;;;. The fourth-order valence-electron chi connectivity index (χ4n) is 1.76. The van der Waals surface area contributed by atoms with Crippen LogP contribution in [0.2, 0.25) is 0 Å². The van der Waals surface area contributed by atoms with Gasteiger partial charge in [0.25, 0.3) is 0 Å². The molecule has 0 aliphatic heterocycles. The number of ketones is 2. The summed E-state index contributed by atoms with van der Waals surface area (Å²) >= 11 is 0. The van der Waals surface area contributed by atoms with Crippen LogP contribution in [0.4, 0.5) is 0 Å². The fraction of sp³-hybridized carbons (Fsp3) is 0.731. The molecule has 0 fully saturated rings. The molecule has 0 aliphatic carbocycles. The van der Waals surface area contributed by atoms with Crippen LogP contribution in [0.3, 0.4) is 0 Å². The first kappa shape index (κ1) is 53.5. The van der Waals surface area contributed by atoms with Crippen molar-refractivity contribution in [2.24, 2.45) is 28.6 Å². The maximum absolute atomic E-state index is 11.5. The number of hydrogen-bond donors (Lipinski definition) is 0. The molecule has 4 nitrogen and oxygen atoms in total. The van der Waals surface area contributed by atoms with Crippen LogP contribution < -0.4 is 0 Å². The third-order valence-corrected chi connectivity index (χ3v) is 4.21. The van der Waals surface area contributed by atoms with E-state index in [1.165, 1.54) is 6.92 Å². The molecule has 8 heteroatoms. The van der Waals surface area contributed by atoms with E-state index in [-0.39, 0.29) is 184 Å². The van der Waals surface area contributed by atoms with E-state index in [2.05, 4.69) is 62.3 Å². The second-order valence-electron chi connectivity index (χ2n) is 10.6. The van der Waals surface area contributed by atoms with Crippen molar-refractivity contribution in [3.63, 3.8) is 0 Å². The Labute approximate surface area is 313 Å². The van der Waals surface area contributed by atoms with Crippen LogP contribution in [0.1, 0.15) is 88.5 Å². The van der Waals surface area contributed by atoms with Crippen molar-refractivity contribution in [2.75, 3.05) is 0 Å². The summed E-state index contributed by atoms with van der Waals surface area (Å²) in [5.41, 5.74) is 0.127. The Morgan fingerprint density at radius 3 is 1.12 bits per heavy atom. The second kappa shape index (κ2) is 27.8. The Morgan fingerprint density at radius 1 is 0.647 bits per heavy atom. The van der Waals surface area contributed by atoms with Gasteiger partial charge in [-0.3, -0.25) is 9.59 Å². The number of ether oxygens (including phenoxy) is 1. The normalized spacial score (nSPS) is 12.7. The SMILES string of the molecule is [CH2-]C(C)C.[CH2-]C(CC(C)=O)C(C)(C)C.[CH2-]C(CC(C)=O)OC(=O)CC([CH2-])C(C)(C)C.[Y].[Y].[Y].[Y].